The van der Waals surface area contributed by atoms with E-state index in [1.54, 1.807) is 25.7 Å². The maximum atomic E-state index is 15.5. The topological polar surface area (TPSA) is 338 Å². The number of carbonyl (C=O) groups is 12. The number of aliphatic hydroxyl groups excluding tert-OH is 1. The Labute approximate surface area is 602 Å². The van der Waals surface area contributed by atoms with Crippen LogP contribution in [0.1, 0.15) is 199 Å². The van der Waals surface area contributed by atoms with Crippen LogP contribution in [0.2, 0.25) is 0 Å². The summed E-state index contributed by atoms with van der Waals surface area (Å²) in [6.07, 6.45) is 6.41. The Morgan fingerprint density at radius 1 is 0.554 bits per heavy atom. The molecule has 0 aromatic rings. The molecule has 12 amide bonds. The molecule has 28 nitrogen and oxygen atoms in total. The lowest BCUT2D eigenvalue weighted by Gasteiger charge is -2.38. The van der Waals surface area contributed by atoms with Gasteiger partial charge in [0.15, 0.2) is 0 Å². The van der Waals surface area contributed by atoms with Crippen LogP contribution in [0.4, 0.5) is 0 Å². The molecular formula is C73H129N13O15. The lowest BCUT2D eigenvalue weighted by molar-refractivity contribution is -0.151. The number of hydrogen-bond acceptors (Lipinski definition) is 16. The van der Waals surface area contributed by atoms with Crippen molar-refractivity contribution in [1.29, 1.82) is 0 Å². The molecule has 0 bridgehead atoms. The van der Waals surface area contributed by atoms with Gasteiger partial charge in [-0.05, 0) is 101 Å². The highest BCUT2D eigenvalue weighted by Crippen LogP contribution is 2.30. The molecule has 3 saturated heterocycles. The van der Waals surface area contributed by atoms with E-state index >= 15 is 28.8 Å². The number of hydrogen-bond donors (Lipinski definition) is 7. The number of unbranched alkanes of at least 4 members (excludes halogenated alkanes) is 1. The molecule has 101 heavy (non-hydrogen) atoms. The largest absolute Gasteiger partial charge is 0.391 e. The zero-order valence-corrected chi connectivity index (χ0v) is 64.2. The van der Waals surface area contributed by atoms with Gasteiger partial charge in [0.25, 0.3) is 0 Å². The SMILES string of the molecule is CCCCN1CC(=O)N(C)[C@@H](CC)C(=O)N[C@@H](COC[C@@H]2COCCN2)C(=O)N(C)[C@@H](CC2CCCCC2)C(=O)N(C)[C@@H](CC)C(=O)N[C@H](C(=O)N2CCCCC2)CC(=O)N[C@H](CC(C)C)C(=O)N(C)[C@@H](CC(C)C)C(=O)N[C@@H]([C@@H](C)CC)C(=O)N(C)[C@@H](CC(C)C)C(=O)N[C@@H]([C@@H](C)O)C1=O. The second-order valence-corrected chi connectivity index (χ2v) is 30.1. The van der Waals surface area contributed by atoms with E-state index in [1.807, 2.05) is 55.4 Å². The van der Waals surface area contributed by atoms with Gasteiger partial charge >= 0.3 is 0 Å². The summed E-state index contributed by atoms with van der Waals surface area (Å²) in [5.41, 5.74) is 0. The molecule has 7 N–H and O–H groups in total. The number of likely N-dealkylation sites (N-methyl/N-ethyl adjacent to an activating group) is 5. The van der Waals surface area contributed by atoms with E-state index in [-0.39, 0.29) is 88.0 Å². The number of aliphatic hydroxyl groups is 1. The smallest absolute Gasteiger partial charge is 0.248 e. The first-order chi connectivity index (χ1) is 47.7. The van der Waals surface area contributed by atoms with Crippen molar-refractivity contribution in [1.82, 2.24) is 66.2 Å². The highest BCUT2D eigenvalue weighted by atomic mass is 16.5. The van der Waals surface area contributed by atoms with Crippen LogP contribution >= 0.6 is 0 Å². The second-order valence-electron chi connectivity index (χ2n) is 30.1. The fraction of sp³-hybridized carbons (Fsp3) is 0.836. The Hall–Kier alpha value is -6.52. The first-order valence-electron chi connectivity index (χ1n) is 37.7. The molecule has 1 saturated carbocycles. The second kappa shape index (κ2) is 42.9. The Balaban J connectivity index is 1.95. The van der Waals surface area contributed by atoms with Gasteiger partial charge in [-0.15, -0.1) is 0 Å². The zero-order valence-electron chi connectivity index (χ0n) is 64.2. The number of likely N-dealkylation sites (tertiary alicyclic amines) is 1. The number of carbonyl (C=O) groups excluding carboxylic acids is 12. The minimum atomic E-state index is -1.64. The van der Waals surface area contributed by atoms with Crippen LogP contribution in [0, 0.1) is 29.6 Å². The molecule has 0 radical (unpaired) electrons. The van der Waals surface area contributed by atoms with Gasteiger partial charge in [-0.3, -0.25) is 57.5 Å². The molecule has 28 heteroatoms. The third kappa shape index (κ3) is 26.0. The number of morpholine rings is 1. The lowest BCUT2D eigenvalue weighted by atomic mass is 9.84. The first kappa shape index (κ1) is 86.9. The highest BCUT2D eigenvalue weighted by Gasteiger charge is 2.44. The van der Waals surface area contributed by atoms with E-state index in [2.05, 4.69) is 31.9 Å². The van der Waals surface area contributed by atoms with Crippen molar-refractivity contribution < 1.29 is 72.1 Å². The van der Waals surface area contributed by atoms with Crippen LogP contribution in [0.15, 0.2) is 0 Å². The van der Waals surface area contributed by atoms with Crippen molar-refractivity contribution in [2.45, 2.75) is 271 Å². The predicted molar refractivity (Wildman–Crippen MR) is 384 cm³/mol. The molecule has 0 aromatic carbocycles. The summed E-state index contributed by atoms with van der Waals surface area (Å²) in [6.45, 7) is 22.6. The van der Waals surface area contributed by atoms with Crippen molar-refractivity contribution in [3.63, 3.8) is 0 Å². The summed E-state index contributed by atoms with van der Waals surface area (Å²) in [6, 6.07) is -13.4. The molecular weight excluding hydrogens is 1300 g/mol. The third-order valence-electron chi connectivity index (χ3n) is 20.5. The quantitative estimate of drug-likeness (QED) is 0.0869. The Morgan fingerprint density at radius 3 is 1.60 bits per heavy atom. The normalized spacial score (nSPS) is 27.9. The molecule has 4 aliphatic rings. The van der Waals surface area contributed by atoms with Gasteiger partial charge in [-0.25, -0.2) is 0 Å². The number of nitrogens with one attached hydrogen (secondary N) is 6. The number of nitrogens with zero attached hydrogens (tertiary/aromatic N) is 7. The van der Waals surface area contributed by atoms with Crippen LogP contribution in [0.25, 0.3) is 0 Å². The fourth-order valence-electron chi connectivity index (χ4n) is 14.0. The Kier molecular flexibility index (Phi) is 36.9. The van der Waals surface area contributed by atoms with Crippen LogP contribution < -0.4 is 31.9 Å². The van der Waals surface area contributed by atoms with Crippen LogP contribution in [0.3, 0.4) is 0 Å². The van der Waals surface area contributed by atoms with Gasteiger partial charge in [0, 0.05) is 61.4 Å². The summed E-state index contributed by atoms with van der Waals surface area (Å²) >= 11 is 0. The minimum absolute atomic E-state index is 0.00608. The average Bonchev–Trinajstić information content (AvgIpc) is 0.822. The maximum absolute atomic E-state index is 15.5. The van der Waals surface area contributed by atoms with Gasteiger partial charge in [0.1, 0.15) is 60.4 Å². The van der Waals surface area contributed by atoms with Gasteiger partial charge in [-0.2, -0.15) is 0 Å². The Bertz CT molecular complexity index is 2720. The molecule has 0 aromatic heterocycles. The molecule has 4 rings (SSSR count). The van der Waals surface area contributed by atoms with E-state index < -0.39 is 156 Å². The molecule has 13 atom stereocenters. The van der Waals surface area contributed by atoms with Crippen molar-refractivity contribution in [2.24, 2.45) is 29.6 Å². The van der Waals surface area contributed by atoms with Gasteiger partial charge in [0.2, 0.25) is 70.9 Å². The van der Waals surface area contributed by atoms with Crippen LogP contribution in [0.5, 0.6) is 0 Å². The summed E-state index contributed by atoms with van der Waals surface area (Å²) in [7, 11) is 7.20. The van der Waals surface area contributed by atoms with E-state index in [0.717, 1.165) is 38.5 Å². The molecule has 1 aliphatic carbocycles. The third-order valence-corrected chi connectivity index (χ3v) is 20.5. The molecule has 0 spiro atoms. The first-order valence-corrected chi connectivity index (χ1v) is 37.7. The van der Waals surface area contributed by atoms with Crippen LogP contribution in [-0.4, -0.2) is 277 Å². The molecule has 576 valence electrons. The molecule has 0 unspecified atom stereocenters. The van der Waals surface area contributed by atoms with Gasteiger partial charge in [-0.1, -0.05) is 121 Å². The van der Waals surface area contributed by atoms with E-state index in [4.69, 9.17) is 9.47 Å². The summed E-state index contributed by atoms with van der Waals surface area (Å²) in [5, 5.41) is 29.0. The molecule has 3 heterocycles. The lowest BCUT2D eigenvalue weighted by Crippen LogP contribution is -2.62. The number of rotatable bonds is 21. The predicted octanol–water partition coefficient (Wildman–Crippen LogP) is 2.95. The zero-order chi connectivity index (χ0) is 75.5. The highest BCUT2D eigenvalue weighted by molar-refractivity contribution is 6.00. The van der Waals surface area contributed by atoms with E-state index in [0.29, 0.717) is 65.0 Å². The Morgan fingerprint density at radius 2 is 1.07 bits per heavy atom. The van der Waals surface area contributed by atoms with Crippen molar-refractivity contribution >= 4 is 70.9 Å². The van der Waals surface area contributed by atoms with Gasteiger partial charge in [0.05, 0.1) is 51.5 Å². The summed E-state index contributed by atoms with van der Waals surface area (Å²) in [5.74, 6) is -9.43. The van der Waals surface area contributed by atoms with Crippen molar-refractivity contribution in [2.75, 3.05) is 94.4 Å². The average molecular weight is 1430 g/mol. The summed E-state index contributed by atoms with van der Waals surface area (Å²) < 4.78 is 11.9. The molecule has 4 fully saturated rings. The molecule has 3 aliphatic heterocycles. The van der Waals surface area contributed by atoms with E-state index in [1.165, 1.54) is 71.6 Å². The fourth-order valence-corrected chi connectivity index (χ4v) is 14.0. The monoisotopic (exact) mass is 1430 g/mol. The number of amides is 12. The maximum Gasteiger partial charge on any atom is 0.248 e. The van der Waals surface area contributed by atoms with Gasteiger partial charge < -0.3 is 80.8 Å². The van der Waals surface area contributed by atoms with Crippen molar-refractivity contribution in [3.8, 4) is 0 Å². The standard InChI is InChI=1S/C73H129N13O15/c1-18-22-32-86-41-61(89)80(13)55(20-3)64(90)77-54(44-101-43-51-42-100-35-31-74-51)69(95)84(17)59(39-50-29-25-23-26-30-50)71(97)81(14)56(21-4)65(91)76-53(70(96)85-33-27-24-28-34-85)40-60(88)75-52(36-45(5)6)68(94)82(15)57(37-46(7)8)66(92)78-62(48(11)19-2)72(98)83(16)58(38-47(9)10)67(93)79-63(49(12)87)73(86)99/h45-59,62-63,74,87H,18-44H2,1-17H3,(H,75,88)(H,76,91)(H,77,90)(H,78,92)(H,79,93)/t48-,49+,51-,52+,53-,54-,55-,56-,57-,58-,59-,62-,63-/m0/s1. The summed E-state index contributed by atoms with van der Waals surface area (Å²) in [4.78, 5) is 189. The van der Waals surface area contributed by atoms with Crippen LogP contribution in [-0.2, 0) is 67.0 Å². The number of ether oxygens (including phenoxy) is 2. The van der Waals surface area contributed by atoms with Crippen molar-refractivity contribution in [3.05, 3.63) is 0 Å². The number of piperidine rings is 1. The van der Waals surface area contributed by atoms with E-state index in [9.17, 15) is 33.9 Å². The minimum Gasteiger partial charge on any atom is -0.391 e.